The van der Waals surface area contributed by atoms with E-state index in [0.717, 1.165) is 16.1 Å². The van der Waals surface area contributed by atoms with Gasteiger partial charge in [0.25, 0.3) is 0 Å². The van der Waals surface area contributed by atoms with Crippen LogP contribution < -0.4 is 5.73 Å². The third kappa shape index (κ3) is 3.44. The van der Waals surface area contributed by atoms with Gasteiger partial charge in [-0.15, -0.1) is 11.3 Å². The van der Waals surface area contributed by atoms with Crippen LogP contribution in [0.5, 0.6) is 0 Å². The number of halogens is 1. The van der Waals surface area contributed by atoms with Crippen molar-refractivity contribution < 1.29 is 8.42 Å². The molecular formula is C13H16ClN3O2S2. The van der Waals surface area contributed by atoms with E-state index >= 15 is 0 Å². The first-order chi connectivity index (χ1) is 9.86. The minimum absolute atomic E-state index is 0.0804. The molecule has 1 aromatic carbocycles. The van der Waals surface area contributed by atoms with Crippen LogP contribution in [0.25, 0.3) is 0 Å². The lowest BCUT2D eigenvalue weighted by Crippen LogP contribution is -2.27. The molecule has 0 radical (unpaired) electrons. The Bertz CT molecular complexity index is 744. The zero-order valence-corrected chi connectivity index (χ0v) is 14.1. The van der Waals surface area contributed by atoms with Gasteiger partial charge in [0, 0.05) is 25.0 Å². The number of nitrogens with two attached hydrogens (primary N) is 1. The predicted molar refractivity (Wildman–Crippen MR) is 84.8 cm³/mol. The number of nitrogens with zero attached hydrogens (tertiary/aromatic N) is 2. The fraction of sp³-hybridized carbons (Fsp3) is 0.308. The van der Waals surface area contributed by atoms with Crippen molar-refractivity contribution in [3.63, 3.8) is 0 Å². The third-order valence-electron chi connectivity index (χ3n) is 3.13. The summed E-state index contributed by atoms with van der Waals surface area (Å²) in [4.78, 5) is 5.11. The van der Waals surface area contributed by atoms with Gasteiger partial charge in [-0.05, 0) is 24.6 Å². The molecule has 0 aliphatic heterocycles. The van der Waals surface area contributed by atoms with Crippen LogP contribution in [0.2, 0.25) is 5.02 Å². The van der Waals surface area contributed by atoms with Gasteiger partial charge in [0.2, 0.25) is 10.0 Å². The minimum Gasteiger partial charge on any atom is -0.326 e. The first kappa shape index (κ1) is 16.4. The molecule has 0 atom stereocenters. The van der Waals surface area contributed by atoms with Gasteiger partial charge < -0.3 is 5.73 Å². The second-order valence-electron chi connectivity index (χ2n) is 4.59. The number of thiazole rings is 1. The molecule has 114 valence electrons. The van der Waals surface area contributed by atoms with Gasteiger partial charge >= 0.3 is 0 Å². The van der Waals surface area contributed by atoms with Gasteiger partial charge in [0.15, 0.2) is 0 Å². The molecule has 1 heterocycles. The van der Waals surface area contributed by atoms with Crippen LogP contribution in [-0.2, 0) is 23.1 Å². The van der Waals surface area contributed by atoms with E-state index in [1.165, 1.54) is 28.8 Å². The molecule has 1 aromatic heterocycles. The van der Waals surface area contributed by atoms with Crippen molar-refractivity contribution in [3.8, 4) is 0 Å². The highest BCUT2D eigenvalue weighted by molar-refractivity contribution is 7.89. The zero-order chi connectivity index (χ0) is 15.6. The van der Waals surface area contributed by atoms with Crippen LogP contribution in [0.1, 0.15) is 16.1 Å². The molecular weight excluding hydrogens is 330 g/mol. The summed E-state index contributed by atoms with van der Waals surface area (Å²) < 4.78 is 26.6. The Kier molecular flexibility index (Phi) is 5.00. The van der Waals surface area contributed by atoms with Crippen molar-refractivity contribution in [2.75, 3.05) is 7.05 Å². The summed E-state index contributed by atoms with van der Waals surface area (Å²) in [6.07, 6.45) is 0. The Morgan fingerprint density at radius 3 is 2.71 bits per heavy atom. The minimum atomic E-state index is -3.67. The maximum absolute atomic E-state index is 12.6. The monoisotopic (exact) mass is 345 g/mol. The highest BCUT2D eigenvalue weighted by Gasteiger charge is 2.25. The molecule has 0 spiro atoms. The number of sulfonamides is 1. The van der Waals surface area contributed by atoms with Crippen molar-refractivity contribution in [2.24, 2.45) is 5.73 Å². The van der Waals surface area contributed by atoms with Crippen LogP contribution >= 0.6 is 22.9 Å². The molecule has 5 nitrogen and oxygen atoms in total. The van der Waals surface area contributed by atoms with Crippen molar-refractivity contribution in [1.29, 1.82) is 0 Å². The number of rotatable bonds is 5. The molecule has 0 fully saturated rings. The largest absolute Gasteiger partial charge is 0.326 e. The summed E-state index contributed by atoms with van der Waals surface area (Å²) in [6, 6.07) is 4.80. The average molecular weight is 346 g/mol. The van der Waals surface area contributed by atoms with Gasteiger partial charge in [-0.1, -0.05) is 17.7 Å². The molecule has 0 unspecified atom stereocenters. The molecule has 8 heteroatoms. The molecule has 2 N–H and O–H groups in total. The SMILES string of the molecule is Cc1ncsc1CN(C)S(=O)(=O)c1cc(CN)ccc1Cl. The quantitative estimate of drug-likeness (QED) is 0.902. The number of hydrogen-bond donors (Lipinski definition) is 1. The first-order valence-electron chi connectivity index (χ1n) is 6.20. The fourth-order valence-electron chi connectivity index (χ4n) is 1.81. The highest BCUT2D eigenvalue weighted by atomic mass is 35.5. The lowest BCUT2D eigenvalue weighted by Gasteiger charge is -2.18. The van der Waals surface area contributed by atoms with E-state index in [-0.39, 0.29) is 23.0 Å². The van der Waals surface area contributed by atoms with E-state index in [2.05, 4.69) is 4.98 Å². The van der Waals surface area contributed by atoms with Crippen LogP contribution in [0.3, 0.4) is 0 Å². The Hall–Kier alpha value is -0.990. The number of hydrogen-bond acceptors (Lipinski definition) is 5. The van der Waals surface area contributed by atoms with Gasteiger partial charge in [-0.2, -0.15) is 4.31 Å². The van der Waals surface area contributed by atoms with Crippen molar-refractivity contribution in [2.45, 2.75) is 24.9 Å². The smallest absolute Gasteiger partial charge is 0.244 e. The molecule has 0 bridgehead atoms. The van der Waals surface area contributed by atoms with E-state index in [0.29, 0.717) is 0 Å². The molecule has 0 aliphatic rings. The number of aryl methyl sites for hydroxylation is 1. The normalized spacial score (nSPS) is 12.0. The first-order valence-corrected chi connectivity index (χ1v) is 8.90. The highest BCUT2D eigenvalue weighted by Crippen LogP contribution is 2.27. The average Bonchev–Trinajstić information content (AvgIpc) is 2.84. The lowest BCUT2D eigenvalue weighted by atomic mass is 10.2. The predicted octanol–water partition coefficient (Wildman–Crippen LogP) is 2.38. The standard InChI is InChI=1S/C13H16ClN3O2S2/c1-9-12(20-8-16-9)7-17(2)21(18,19)13-5-10(6-15)3-4-11(13)14/h3-5,8H,6-7,15H2,1-2H3. The maximum atomic E-state index is 12.6. The lowest BCUT2D eigenvalue weighted by molar-refractivity contribution is 0.468. The van der Waals surface area contributed by atoms with Crippen LogP contribution in [0.4, 0.5) is 0 Å². The third-order valence-corrected chi connectivity index (χ3v) is 6.34. The summed E-state index contributed by atoms with van der Waals surface area (Å²) in [5.41, 5.74) is 8.82. The van der Waals surface area contributed by atoms with Gasteiger partial charge in [0.05, 0.1) is 16.2 Å². The summed E-state index contributed by atoms with van der Waals surface area (Å²) in [7, 11) is -2.14. The molecule has 0 aliphatic carbocycles. The Morgan fingerprint density at radius 1 is 1.43 bits per heavy atom. The second-order valence-corrected chi connectivity index (χ2v) is 7.95. The summed E-state index contributed by atoms with van der Waals surface area (Å²) >= 11 is 7.47. The number of benzene rings is 1. The maximum Gasteiger partial charge on any atom is 0.244 e. The zero-order valence-electron chi connectivity index (χ0n) is 11.7. The van der Waals surface area contributed by atoms with Gasteiger partial charge in [0.1, 0.15) is 4.90 Å². The summed E-state index contributed by atoms with van der Waals surface area (Å²) in [5.74, 6) is 0. The molecule has 0 saturated heterocycles. The van der Waals surface area contributed by atoms with E-state index < -0.39 is 10.0 Å². The van der Waals surface area contributed by atoms with E-state index in [1.807, 2.05) is 6.92 Å². The Morgan fingerprint density at radius 2 is 2.14 bits per heavy atom. The molecule has 21 heavy (non-hydrogen) atoms. The van der Waals surface area contributed by atoms with Crippen molar-refractivity contribution in [3.05, 3.63) is 44.9 Å². The van der Waals surface area contributed by atoms with Crippen LogP contribution in [0, 0.1) is 6.92 Å². The Labute approximate surface area is 133 Å². The summed E-state index contributed by atoms with van der Waals surface area (Å²) in [5, 5.41) is 0.195. The Balaban J connectivity index is 2.35. The molecule has 0 amide bonds. The van der Waals surface area contributed by atoms with Crippen LogP contribution in [0.15, 0.2) is 28.6 Å². The van der Waals surface area contributed by atoms with E-state index in [9.17, 15) is 8.42 Å². The number of aromatic nitrogens is 1. The molecule has 2 rings (SSSR count). The summed E-state index contributed by atoms with van der Waals surface area (Å²) in [6.45, 7) is 2.38. The van der Waals surface area contributed by atoms with E-state index in [4.69, 9.17) is 17.3 Å². The van der Waals surface area contributed by atoms with E-state index in [1.54, 1.807) is 17.6 Å². The second kappa shape index (κ2) is 6.41. The van der Waals surface area contributed by atoms with Crippen LogP contribution in [-0.4, -0.2) is 24.8 Å². The molecule has 0 saturated carbocycles. The fourth-order valence-corrected chi connectivity index (χ4v) is 4.38. The topological polar surface area (TPSA) is 76.3 Å². The molecule has 2 aromatic rings. The van der Waals surface area contributed by atoms with Crippen molar-refractivity contribution >= 4 is 33.0 Å². The van der Waals surface area contributed by atoms with Gasteiger partial charge in [-0.25, -0.2) is 13.4 Å². The van der Waals surface area contributed by atoms with Crippen molar-refractivity contribution in [1.82, 2.24) is 9.29 Å². The van der Waals surface area contributed by atoms with Gasteiger partial charge in [-0.3, -0.25) is 0 Å².